The minimum absolute atomic E-state index is 1.16. The maximum atomic E-state index is 3.83. The molecule has 0 unspecified atom stereocenters. The molecule has 1 nitrogen and oxygen atoms in total. The molecule has 2 heteroatoms. The molecule has 0 bridgehead atoms. The Labute approximate surface area is 157 Å². The third-order valence-electron chi connectivity index (χ3n) is 4.85. The van der Waals surface area contributed by atoms with Crippen molar-refractivity contribution in [3.63, 3.8) is 0 Å². The van der Waals surface area contributed by atoms with Crippen molar-refractivity contribution < 1.29 is 0 Å². The standard InChI is InChI=1S/C23H20BrN/c1-15-4-8-17(9-5-15)19-12-13-20-21(14-19)25(3)23(22(20)24)18-10-6-16(2)7-11-18/h4-14H,1-3H3. The van der Waals surface area contributed by atoms with Crippen molar-refractivity contribution in [3.8, 4) is 22.4 Å². The number of nitrogens with zero attached hydrogens (tertiary/aromatic N) is 1. The van der Waals surface area contributed by atoms with Crippen LogP contribution in [-0.4, -0.2) is 4.57 Å². The highest BCUT2D eigenvalue weighted by Crippen LogP contribution is 2.38. The van der Waals surface area contributed by atoms with Gasteiger partial charge in [-0.3, -0.25) is 0 Å². The van der Waals surface area contributed by atoms with E-state index in [1.54, 1.807) is 0 Å². The summed E-state index contributed by atoms with van der Waals surface area (Å²) in [6.07, 6.45) is 0. The predicted molar refractivity (Wildman–Crippen MR) is 111 cm³/mol. The summed E-state index contributed by atoms with van der Waals surface area (Å²) in [6, 6.07) is 24.1. The first-order valence-corrected chi connectivity index (χ1v) is 9.26. The molecule has 0 aliphatic rings. The van der Waals surface area contributed by atoms with Crippen LogP contribution in [0.3, 0.4) is 0 Å². The minimum atomic E-state index is 1.16. The molecule has 4 aromatic rings. The van der Waals surface area contributed by atoms with Crippen LogP contribution in [0.1, 0.15) is 11.1 Å². The molecule has 3 aromatic carbocycles. The molecule has 0 saturated carbocycles. The van der Waals surface area contributed by atoms with Gasteiger partial charge in [-0.2, -0.15) is 0 Å². The van der Waals surface area contributed by atoms with E-state index in [0.717, 1.165) is 4.47 Å². The normalized spacial score (nSPS) is 11.2. The number of rotatable bonds is 2. The Morgan fingerprint density at radius 3 is 1.80 bits per heavy atom. The summed E-state index contributed by atoms with van der Waals surface area (Å²) in [7, 11) is 2.14. The number of fused-ring (bicyclic) bond motifs is 1. The van der Waals surface area contributed by atoms with Gasteiger partial charge in [0.25, 0.3) is 0 Å². The van der Waals surface area contributed by atoms with Crippen molar-refractivity contribution >= 4 is 26.8 Å². The van der Waals surface area contributed by atoms with Gasteiger partial charge in [0.15, 0.2) is 0 Å². The summed E-state index contributed by atoms with van der Waals surface area (Å²) in [5.41, 5.74) is 8.75. The molecule has 0 fully saturated rings. The van der Waals surface area contributed by atoms with Gasteiger partial charge in [0.2, 0.25) is 0 Å². The molecule has 0 amide bonds. The second-order valence-electron chi connectivity index (χ2n) is 6.69. The maximum Gasteiger partial charge on any atom is 0.0633 e. The van der Waals surface area contributed by atoms with E-state index in [1.165, 1.54) is 44.4 Å². The average molecular weight is 390 g/mol. The molecule has 1 heterocycles. The summed E-state index contributed by atoms with van der Waals surface area (Å²) >= 11 is 3.83. The lowest BCUT2D eigenvalue weighted by molar-refractivity contribution is 0.976. The molecular formula is C23H20BrN. The van der Waals surface area contributed by atoms with Gasteiger partial charge in [0, 0.05) is 12.4 Å². The Bertz CT molecular complexity index is 1050. The van der Waals surface area contributed by atoms with Crippen molar-refractivity contribution in [3.05, 3.63) is 82.3 Å². The summed E-state index contributed by atoms with van der Waals surface area (Å²) in [4.78, 5) is 0. The number of hydrogen-bond donors (Lipinski definition) is 0. The number of aryl methyl sites for hydroxylation is 3. The van der Waals surface area contributed by atoms with Crippen LogP contribution in [0.2, 0.25) is 0 Å². The molecule has 0 aliphatic carbocycles. The number of aromatic nitrogens is 1. The lowest BCUT2D eigenvalue weighted by Crippen LogP contribution is -1.92. The maximum absolute atomic E-state index is 3.83. The number of benzene rings is 3. The van der Waals surface area contributed by atoms with Crippen LogP contribution < -0.4 is 0 Å². The molecule has 25 heavy (non-hydrogen) atoms. The van der Waals surface area contributed by atoms with E-state index < -0.39 is 0 Å². The topological polar surface area (TPSA) is 4.93 Å². The second kappa shape index (κ2) is 6.20. The molecule has 0 aliphatic heterocycles. The van der Waals surface area contributed by atoms with E-state index in [1.807, 2.05) is 0 Å². The van der Waals surface area contributed by atoms with E-state index in [-0.39, 0.29) is 0 Å². The number of halogens is 1. The molecule has 1 aromatic heterocycles. The fraction of sp³-hybridized carbons (Fsp3) is 0.130. The summed E-state index contributed by atoms with van der Waals surface area (Å²) in [5.74, 6) is 0. The lowest BCUT2D eigenvalue weighted by atomic mass is 10.0. The fourth-order valence-electron chi connectivity index (χ4n) is 3.35. The number of hydrogen-bond acceptors (Lipinski definition) is 0. The minimum Gasteiger partial charge on any atom is -0.343 e. The zero-order chi connectivity index (χ0) is 17.6. The van der Waals surface area contributed by atoms with Crippen molar-refractivity contribution in [1.82, 2.24) is 4.57 Å². The Hall–Kier alpha value is -2.32. The van der Waals surface area contributed by atoms with Gasteiger partial charge in [0.1, 0.15) is 0 Å². The molecule has 0 saturated heterocycles. The van der Waals surface area contributed by atoms with Gasteiger partial charge in [-0.05, 0) is 52.5 Å². The van der Waals surface area contributed by atoms with Crippen molar-refractivity contribution in [2.75, 3.05) is 0 Å². The van der Waals surface area contributed by atoms with Gasteiger partial charge in [-0.1, -0.05) is 71.8 Å². The van der Waals surface area contributed by atoms with Gasteiger partial charge in [0.05, 0.1) is 15.7 Å². The first kappa shape index (κ1) is 16.2. The van der Waals surface area contributed by atoms with Crippen LogP contribution in [0.4, 0.5) is 0 Å². The monoisotopic (exact) mass is 389 g/mol. The quantitative estimate of drug-likeness (QED) is 0.351. The summed E-state index contributed by atoms with van der Waals surface area (Å²) in [6.45, 7) is 4.24. The first-order chi connectivity index (χ1) is 12.0. The Kier molecular flexibility index (Phi) is 4.01. The largest absolute Gasteiger partial charge is 0.343 e. The van der Waals surface area contributed by atoms with Gasteiger partial charge in [-0.15, -0.1) is 0 Å². The average Bonchev–Trinajstić information content (AvgIpc) is 2.87. The molecule has 0 radical (unpaired) electrons. The Balaban J connectivity index is 1.90. The molecule has 4 rings (SSSR count). The zero-order valence-electron chi connectivity index (χ0n) is 14.7. The molecular weight excluding hydrogens is 370 g/mol. The van der Waals surface area contributed by atoms with Crippen LogP contribution in [0.25, 0.3) is 33.3 Å². The van der Waals surface area contributed by atoms with Gasteiger partial charge in [-0.25, -0.2) is 0 Å². The molecule has 0 spiro atoms. The van der Waals surface area contributed by atoms with E-state index >= 15 is 0 Å². The SMILES string of the molecule is Cc1ccc(-c2ccc3c(Br)c(-c4ccc(C)cc4)n(C)c3c2)cc1. The van der Waals surface area contributed by atoms with Gasteiger partial charge < -0.3 is 4.57 Å². The van der Waals surface area contributed by atoms with Crippen molar-refractivity contribution in [2.24, 2.45) is 7.05 Å². The van der Waals surface area contributed by atoms with E-state index in [2.05, 4.69) is 108 Å². The molecule has 0 atom stereocenters. The lowest BCUT2D eigenvalue weighted by Gasteiger charge is -2.07. The van der Waals surface area contributed by atoms with Crippen LogP contribution in [0, 0.1) is 13.8 Å². The molecule has 0 N–H and O–H groups in total. The Morgan fingerprint density at radius 1 is 0.680 bits per heavy atom. The summed E-state index contributed by atoms with van der Waals surface area (Å²) in [5, 5.41) is 1.24. The van der Waals surface area contributed by atoms with Crippen LogP contribution in [-0.2, 0) is 7.05 Å². The highest BCUT2D eigenvalue weighted by Gasteiger charge is 2.15. The third-order valence-corrected chi connectivity index (χ3v) is 5.65. The smallest absolute Gasteiger partial charge is 0.0633 e. The van der Waals surface area contributed by atoms with E-state index in [0.29, 0.717) is 0 Å². The van der Waals surface area contributed by atoms with Crippen LogP contribution in [0.5, 0.6) is 0 Å². The van der Waals surface area contributed by atoms with Gasteiger partial charge >= 0.3 is 0 Å². The second-order valence-corrected chi connectivity index (χ2v) is 7.48. The predicted octanol–water partition coefficient (Wildman–Crippen LogP) is 6.89. The third kappa shape index (κ3) is 2.81. The highest BCUT2D eigenvalue weighted by molar-refractivity contribution is 9.10. The van der Waals surface area contributed by atoms with Crippen molar-refractivity contribution in [1.29, 1.82) is 0 Å². The van der Waals surface area contributed by atoms with Crippen molar-refractivity contribution in [2.45, 2.75) is 13.8 Å². The zero-order valence-corrected chi connectivity index (χ0v) is 16.3. The van der Waals surface area contributed by atoms with Crippen LogP contribution in [0.15, 0.2) is 71.2 Å². The molecule has 124 valence electrons. The van der Waals surface area contributed by atoms with E-state index in [4.69, 9.17) is 0 Å². The Morgan fingerprint density at radius 2 is 1.20 bits per heavy atom. The van der Waals surface area contributed by atoms with E-state index in [9.17, 15) is 0 Å². The summed E-state index contributed by atoms with van der Waals surface area (Å²) < 4.78 is 3.44. The highest BCUT2D eigenvalue weighted by atomic mass is 79.9. The fourth-order valence-corrected chi connectivity index (χ4v) is 4.18. The first-order valence-electron chi connectivity index (χ1n) is 8.46. The van der Waals surface area contributed by atoms with Crippen LogP contribution >= 0.6 is 15.9 Å².